The third kappa shape index (κ3) is 4.54. The number of anilines is 1. The normalized spacial score (nSPS) is 12.2. The van der Waals surface area contributed by atoms with E-state index in [0.29, 0.717) is 18.8 Å². The van der Waals surface area contributed by atoms with Gasteiger partial charge in [0.2, 0.25) is 0 Å². The summed E-state index contributed by atoms with van der Waals surface area (Å²) in [4.78, 5) is 12.0. The monoisotopic (exact) mass is 306 g/mol. The first-order chi connectivity index (χ1) is 8.99. The molecule has 0 saturated carbocycles. The van der Waals surface area contributed by atoms with Crippen LogP contribution in [0.1, 0.15) is 10.4 Å². The molecule has 3 N–H and O–H groups in total. The van der Waals surface area contributed by atoms with Crippen LogP contribution in [0.25, 0.3) is 0 Å². The third-order valence-corrected chi connectivity index (χ3v) is 3.27. The topological polar surface area (TPSA) is 73.6 Å². The van der Waals surface area contributed by atoms with Crippen molar-refractivity contribution in [3.63, 3.8) is 0 Å². The summed E-state index contributed by atoms with van der Waals surface area (Å²) in [6.07, 6.45) is -0.232. The Hall–Kier alpha value is -1.01. The zero-order valence-electron chi connectivity index (χ0n) is 10.7. The molecule has 0 spiro atoms. The maximum atomic E-state index is 12.0. The molecule has 0 heterocycles. The summed E-state index contributed by atoms with van der Waals surface area (Å²) >= 11 is 11.8. The Balaban J connectivity index is 2.73. The van der Waals surface area contributed by atoms with Crippen molar-refractivity contribution in [3.05, 3.63) is 27.7 Å². The molecule has 1 aromatic carbocycles. The predicted octanol–water partition coefficient (Wildman–Crippen LogP) is 1.97. The van der Waals surface area contributed by atoms with E-state index in [4.69, 9.17) is 38.4 Å². The molecule has 1 unspecified atom stereocenters. The lowest BCUT2D eigenvalue weighted by atomic mass is 10.2. The number of benzene rings is 1. The van der Waals surface area contributed by atoms with E-state index in [1.807, 2.05) is 0 Å². The van der Waals surface area contributed by atoms with Crippen LogP contribution in [0.15, 0.2) is 12.1 Å². The van der Waals surface area contributed by atoms with Gasteiger partial charge in [-0.2, -0.15) is 0 Å². The summed E-state index contributed by atoms with van der Waals surface area (Å²) in [5.74, 6) is -0.364. The van der Waals surface area contributed by atoms with Crippen LogP contribution in [-0.2, 0) is 9.47 Å². The van der Waals surface area contributed by atoms with Crippen molar-refractivity contribution in [2.45, 2.75) is 6.10 Å². The number of carbonyl (C=O) groups is 1. The van der Waals surface area contributed by atoms with Crippen LogP contribution in [0.4, 0.5) is 5.69 Å². The highest BCUT2D eigenvalue weighted by atomic mass is 35.5. The molecule has 0 aliphatic rings. The molecule has 5 nitrogen and oxygen atoms in total. The van der Waals surface area contributed by atoms with Gasteiger partial charge in [-0.1, -0.05) is 23.2 Å². The van der Waals surface area contributed by atoms with Gasteiger partial charge in [-0.3, -0.25) is 4.79 Å². The van der Waals surface area contributed by atoms with Crippen molar-refractivity contribution in [1.82, 2.24) is 5.32 Å². The Labute approximate surface area is 122 Å². The molecule has 0 bridgehead atoms. The number of carbonyl (C=O) groups excluding carboxylic acids is 1. The zero-order chi connectivity index (χ0) is 14.4. The molecule has 7 heteroatoms. The highest BCUT2D eigenvalue weighted by Gasteiger charge is 2.16. The van der Waals surface area contributed by atoms with Crippen LogP contribution in [0.5, 0.6) is 0 Å². The molecule has 1 rings (SSSR count). The first-order valence-corrected chi connectivity index (χ1v) is 6.29. The van der Waals surface area contributed by atoms with Crippen LogP contribution >= 0.6 is 23.2 Å². The molecule has 1 aromatic rings. The Kier molecular flexibility index (Phi) is 6.37. The van der Waals surface area contributed by atoms with Gasteiger partial charge in [0, 0.05) is 26.5 Å². The van der Waals surface area contributed by atoms with E-state index >= 15 is 0 Å². The summed E-state index contributed by atoms with van der Waals surface area (Å²) in [5, 5.41) is 3.11. The Morgan fingerprint density at radius 2 is 2.11 bits per heavy atom. The second kappa shape index (κ2) is 7.55. The van der Waals surface area contributed by atoms with Crippen LogP contribution in [0, 0.1) is 0 Å². The number of ether oxygens (including phenoxy) is 2. The van der Waals surface area contributed by atoms with Crippen molar-refractivity contribution < 1.29 is 14.3 Å². The number of nitrogens with one attached hydrogen (secondary N) is 1. The average molecular weight is 307 g/mol. The van der Waals surface area contributed by atoms with Crippen LogP contribution in [0.3, 0.4) is 0 Å². The molecule has 0 aliphatic heterocycles. The molecule has 1 amide bonds. The number of rotatable bonds is 6. The lowest BCUT2D eigenvalue weighted by Gasteiger charge is -2.15. The maximum absolute atomic E-state index is 12.0. The van der Waals surface area contributed by atoms with E-state index in [-0.39, 0.29) is 27.6 Å². The highest BCUT2D eigenvalue weighted by Crippen LogP contribution is 2.28. The Morgan fingerprint density at radius 1 is 1.42 bits per heavy atom. The van der Waals surface area contributed by atoms with Crippen molar-refractivity contribution in [2.75, 3.05) is 33.1 Å². The summed E-state index contributed by atoms with van der Waals surface area (Å²) in [6, 6.07) is 2.96. The largest absolute Gasteiger partial charge is 0.399 e. The van der Waals surface area contributed by atoms with Crippen LogP contribution < -0.4 is 11.1 Å². The van der Waals surface area contributed by atoms with Crippen molar-refractivity contribution in [3.8, 4) is 0 Å². The van der Waals surface area contributed by atoms with E-state index in [1.54, 1.807) is 14.2 Å². The van der Waals surface area contributed by atoms with Gasteiger partial charge >= 0.3 is 0 Å². The molecular weight excluding hydrogens is 291 g/mol. The number of halogens is 2. The first kappa shape index (κ1) is 16.0. The smallest absolute Gasteiger partial charge is 0.253 e. The molecule has 0 radical (unpaired) electrons. The van der Waals surface area contributed by atoms with Gasteiger partial charge in [-0.25, -0.2) is 0 Å². The molecule has 0 aliphatic carbocycles. The fourth-order valence-electron chi connectivity index (χ4n) is 1.47. The molecule has 0 fully saturated rings. The molecule has 0 aromatic heterocycles. The van der Waals surface area contributed by atoms with E-state index in [2.05, 4.69) is 5.32 Å². The first-order valence-electron chi connectivity index (χ1n) is 5.54. The van der Waals surface area contributed by atoms with Gasteiger partial charge < -0.3 is 20.5 Å². The van der Waals surface area contributed by atoms with Gasteiger partial charge in [0.15, 0.2) is 0 Å². The second-order valence-corrected chi connectivity index (χ2v) is 4.67. The minimum absolute atomic E-state index is 0.175. The number of hydrogen-bond donors (Lipinski definition) is 2. The fourth-order valence-corrected chi connectivity index (χ4v) is 1.90. The molecule has 0 saturated heterocycles. The van der Waals surface area contributed by atoms with Crippen molar-refractivity contribution in [1.29, 1.82) is 0 Å². The zero-order valence-corrected chi connectivity index (χ0v) is 12.2. The Bertz CT molecular complexity index is 455. The summed E-state index contributed by atoms with van der Waals surface area (Å²) in [5.41, 5.74) is 6.24. The summed E-state index contributed by atoms with van der Waals surface area (Å²) < 4.78 is 10.1. The van der Waals surface area contributed by atoms with Gasteiger partial charge in [0.05, 0.1) is 28.3 Å². The minimum atomic E-state index is -0.364. The summed E-state index contributed by atoms with van der Waals surface area (Å²) in [7, 11) is 3.10. The van der Waals surface area contributed by atoms with Gasteiger partial charge in [0.25, 0.3) is 5.91 Å². The molecule has 106 valence electrons. The standard InChI is InChI=1S/C12H16Cl2N2O3/c1-18-6-8(19-2)5-16-12(17)9-3-7(15)4-10(13)11(9)14/h3-4,8H,5-6,15H2,1-2H3,(H,16,17). The van der Waals surface area contributed by atoms with Gasteiger partial charge in [0.1, 0.15) is 0 Å². The third-order valence-electron chi connectivity index (χ3n) is 2.47. The minimum Gasteiger partial charge on any atom is -0.399 e. The molecular formula is C12H16Cl2N2O3. The lowest BCUT2D eigenvalue weighted by Crippen LogP contribution is -2.35. The van der Waals surface area contributed by atoms with E-state index < -0.39 is 0 Å². The number of methoxy groups -OCH3 is 2. The molecule has 1 atom stereocenters. The highest BCUT2D eigenvalue weighted by molar-refractivity contribution is 6.44. The van der Waals surface area contributed by atoms with Crippen LogP contribution in [0.2, 0.25) is 10.0 Å². The second-order valence-electron chi connectivity index (χ2n) is 3.89. The number of nitrogens with two attached hydrogens (primary N) is 1. The summed E-state index contributed by atoms with van der Waals surface area (Å²) in [6.45, 7) is 0.675. The number of nitrogen functional groups attached to an aromatic ring is 1. The van der Waals surface area contributed by atoms with Crippen LogP contribution in [-0.4, -0.2) is 39.4 Å². The lowest BCUT2D eigenvalue weighted by molar-refractivity contribution is 0.0285. The Morgan fingerprint density at radius 3 is 2.68 bits per heavy atom. The van der Waals surface area contributed by atoms with Crippen molar-refractivity contribution in [2.24, 2.45) is 0 Å². The molecule has 19 heavy (non-hydrogen) atoms. The van der Waals surface area contributed by atoms with Gasteiger partial charge in [-0.15, -0.1) is 0 Å². The van der Waals surface area contributed by atoms with E-state index in [9.17, 15) is 4.79 Å². The SMILES string of the molecule is COCC(CNC(=O)c1cc(N)cc(Cl)c1Cl)OC. The van der Waals surface area contributed by atoms with E-state index in [0.717, 1.165) is 0 Å². The quantitative estimate of drug-likeness (QED) is 0.788. The van der Waals surface area contributed by atoms with E-state index in [1.165, 1.54) is 12.1 Å². The van der Waals surface area contributed by atoms with Gasteiger partial charge in [-0.05, 0) is 12.1 Å². The number of hydrogen-bond acceptors (Lipinski definition) is 4. The predicted molar refractivity (Wildman–Crippen MR) is 75.9 cm³/mol. The number of amides is 1. The average Bonchev–Trinajstić information content (AvgIpc) is 2.38. The fraction of sp³-hybridized carbons (Fsp3) is 0.417. The maximum Gasteiger partial charge on any atom is 0.253 e. The van der Waals surface area contributed by atoms with Crippen molar-refractivity contribution >= 4 is 34.8 Å².